The molecule has 0 saturated heterocycles. The van der Waals surface area contributed by atoms with Gasteiger partial charge >= 0.3 is 0 Å². The van der Waals surface area contributed by atoms with Crippen molar-refractivity contribution in [3.63, 3.8) is 0 Å². The summed E-state index contributed by atoms with van der Waals surface area (Å²) < 4.78 is 22.7. The van der Waals surface area contributed by atoms with Crippen molar-refractivity contribution in [1.82, 2.24) is 0 Å². The van der Waals surface area contributed by atoms with Crippen LogP contribution in [0, 0.1) is 0 Å². The number of ether oxygens (including phenoxy) is 2. The fraction of sp³-hybridized carbons (Fsp3) is 0.250. The minimum atomic E-state index is -4.38. The first-order valence-corrected chi connectivity index (χ1v) is 8.66. The molecule has 0 aliphatic rings. The standard InChI is InChI=1S/C16H19O6P/c1-21-13-7-3-5-11(9-13)15(17)23(19,20)16(18)12-6-4-8-14(10-12)22-2/h3-10,15-18H,1-2H3,(H,19,20)/t15-,16-/m0/s1. The molecule has 0 radical (unpaired) electrons. The molecule has 2 aromatic carbocycles. The van der Waals surface area contributed by atoms with Gasteiger partial charge in [0.15, 0.2) is 11.7 Å². The zero-order valence-electron chi connectivity index (χ0n) is 12.8. The molecule has 23 heavy (non-hydrogen) atoms. The molecule has 0 unspecified atom stereocenters. The molecule has 0 spiro atoms. The van der Waals surface area contributed by atoms with Crippen LogP contribution in [0.3, 0.4) is 0 Å². The van der Waals surface area contributed by atoms with Gasteiger partial charge in [0.1, 0.15) is 11.5 Å². The lowest BCUT2D eigenvalue weighted by Crippen LogP contribution is -2.07. The molecule has 3 N–H and O–H groups in total. The number of methoxy groups -OCH3 is 2. The SMILES string of the molecule is COc1cccc([C@@H](O)P(=O)(O)[C@H](O)c2cccc(OC)c2)c1. The van der Waals surface area contributed by atoms with E-state index < -0.39 is 19.1 Å². The van der Waals surface area contributed by atoms with Gasteiger partial charge in [-0.25, -0.2) is 0 Å². The molecule has 0 bridgehead atoms. The van der Waals surface area contributed by atoms with Crippen LogP contribution in [0.1, 0.15) is 22.8 Å². The number of aliphatic hydroxyl groups excluding tert-OH is 2. The van der Waals surface area contributed by atoms with Crippen molar-refractivity contribution < 1.29 is 29.1 Å². The molecule has 6 nitrogen and oxygen atoms in total. The predicted octanol–water partition coefficient (Wildman–Crippen LogP) is 2.66. The molecule has 7 heteroatoms. The third kappa shape index (κ3) is 3.74. The maximum atomic E-state index is 12.6. The van der Waals surface area contributed by atoms with Crippen LogP contribution in [-0.2, 0) is 4.57 Å². The maximum Gasteiger partial charge on any atom is 0.264 e. The summed E-state index contributed by atoms with van der Waals surface area (Å²) >= 11 is 0. The molecule has 0 amide bonds. The van der Waals surface area contributed by atoms with E-state index in [2.05, 4.69) is 0 Å². The number of hydrogen-bond donors (Lipinski definition) is 3. The summed E-state index contributed by atoms with van der Waals surface area (Å²) in [4.78, 5) is 10.3. The Kier molecular flexibility index (Phi) is 5.44. The zero-order chi connectivity index (χ0) is 17.0. The minimum absolute atomic E-state index is 0.192. The molecule has 0 heterocycles. The van der Waals surface area contributed by atoms with Crippen LogP contribution in [0.4, 0.5) is 0 Å². The van der Waals surface area contributed by atoms with E-state index in [9.17, 15) is 19.7 Å². The molecule has 0 aliphatic carbocycles. The van der Waals surface area contributed by atoms with Gasteiger partial charge in [-0.3, -0.25) is 4.57 Å². The number of hydrogen-bond acceptors (Lipinski definition) is 5. The molecular weight excluding hydrogens is 319 g/mol. The number of aliphatic hydroxyl groups is 2. The second-order valence-electron chi connectivity index (χ2n) is 4.97. The van der Waals surface area contributed by atoms with Crippen molar-refractivity contribution in [2.24, 2.45) is 0 Å². The quantitative estimate of drug-likeness (QED) is 0.701. The van der Waals surface area contributed by atoms with E-state index in [4.69, 9.17) is 9.47 Å². The third-order valence-electron chi connectivity index (χ3n) is 3.48. The summed E-state index contributed by atoms with van der Waals surface area (Å²) in [6, 6.07) is 12.4. The van der Waals surface area contributed by atoms with E-state index in [-0.39, 0.29) is 11.1 Å². The van der Waals surface area contributed by atoms with Crippen LogP contribution in [0.25, 0.3) is 0 Å². The fourth-order valence-corrected chi connectivity index (χ4v) is 3.61. The first-order chi connectivity index (χ1) is 10.9. The van der Waals surface area contributed by atoms with E-state index >= 15 is 0 Å². The van der Waals surface area contributed by atoms with Crippen molar-refractivity contribution in [3.8, 4) is 11.5 Å². The summed E-state index contributed by atoms with van der Waals surface area (Å²) in [5.41, 5.74) is 0.384. The average Bonchev–Trinajstić information content (AvgIpc) is 2.60. The van der Waals surface area contributed by atoms with Crippen molar-refractivity contribution in [3.05, 3.63) is 59.7 Å². The van der Waals surface area contributed by atoms with Gasteiger partial charge in [-0.2, -0.15) is 0 Å². The lowest BCUT2D eigenvalue weighted by molar-refractivity contribution is 0.186. The normalized spacial score (nSPS) is 14.1. The van der Waals surface area contributed by atoms with Gasteiger partial charge in [0, 0.05) is 0 Å². The lowest BCUT2D eigenvalue weighted by Gasteiger charge is -2.24. The van der Waals surface area contributed by atoms with E-state index in [1.54, 1.807) is 24.3 Å². The summed E-state index contributed by atoms with van der Waals surface area (Å²) in [7, 11) is -1.47. The average molecular weight is 338 g/mol. The van der Waals surface area contributed by atoms with Crippen molar-refractivity contribution in [1.29, 1.82) is 0 Å². The highest BCUT2D eigenvalue weighted by molar-refractivity contribution is 7.58. The van der Waals surface area contributed by atoms with Crippen LogP contribution in [0.5, 0.6) is 11.5 Å². The Balaban J connectivity index is 2.33. The first kappa shape index (κ1) is 17.5. The van der Waals surface area contributed by atoms with Gasteiger partial charge in [-0.15, -0.1) is 0 Å². The van der Waals surface area contributed by atoms with Gasteiger partial charge < -0.3 is 24.6 Å². The van der Waals surface area contributed by atoms with Gasteiger partial charge in [0.25, 0.3) is 7.37 Å². The van der Waals surface area contributed by atoms with Gasteiger partial charge in [-0.1, -0.05) is 24.3 Å². The number of rotatable bonds is 6. The first-order valence-electron chi connectivity index (χ1n) is 6.86. The third-order valence-corrected chi connectivity index (χ3v) is 5.48. The van der Waals surface area contributed by atoms with E-state index in [1.165, 1.54) is 38.5 Å². The van der Waals surface area contributed by atoms with Crippen LogP contribution in [0.2, 0.25) is 0 Å². The van der Waals surface area contributed by atoms with Crippen molar-refractivity contribution in [2.75, 3.05) is 14.2 Å². The van der Waals surface area contributed by atoms with Crippen molar-refractivity contribution in [2.45, 2.75) is 11.7 Å². The highest BCUT2D eigenvalue weighted by Gasteiger charge is 2.39. The molecular formula is C16H19O6P. The molecule has 0 aliphatic heterocycles. The molecule has 0 fully saturated rings. The van der Waals surface area contributed by atoms with Gasteiger partial charge in [-0.05, 0) is 35.4 Å². The van der Waals surface area contributed by atoms with Crippen LogP contribution < -0.4 is 9.47 Å². The molecule has 2 aromatic rings. The van der Waals surface area contributed by atoms with Crippen LogP contribution in [0.15, 0.2) is 48.5 Å². The largest absolute Gasteiger partial charge is 0.497 e. The highest BCUT2D eigenvalue weighted by atomic mass is 31.2. The Morgan fingerprint density at radius 2 is 1.26 bits per heavy atom. The highest BCUT2D eigenvalue weighted by Crippen LogP contribution is 2.63. The second-order valence-corrected chi connectivity index (χ2v) is 7.30. The molecule has 0 aromatic heterocycles. The van der Waals surface area contributed by atoms with Crippen molar-refractivity contribution >= 4 is 7.37 Å². The Labute approximate surface area is 134 Å². The van der Waals surface area contributed by atoms with E-state index in [0.717, 1.165) is 0 Å². The molecule has 2 atom stereocenters. The summed E-state index contributed by atoms with van der Waals surface area (Å²) in [5.74, 6) is -2.59. The zero-order valence-corrected chi connectivity index (χ0v) is 13.7. The molecule has 2 rings (SSSR count). The molecule has 0 saturated carbocycles. The van der Waals surface area contributed by atoms with E-state index in [1.807, 2.05) is 0 Å². The summed E-state index contributed by atoms with van der Waals surface area (Å²) in [5, 5.41) is 20.5. The Morgan fingerprint density at radius 3 is 1.61 bits per heavy atom. The van der Waals surface area contributed by atoms with Gasteiger partial charge in [0.2, 0.25) is 0 Å². The van der Waals surface area contributed by atoms with Gasteiger partial charge in [0.05, 0.1) is 14.2 Å². The Morgan fingerprint density at radius 1 is 0.870 bits per heavy atom. The van der Waals surface area contributed by atoms with E-state index in [0.29, 0.717) is 11.5 Å². The minimum Gasteiger partial charge on any atom is -0.497 e. The summed E-state index contributed by atoms with van der Waals surface area (Å²) in [6.45, 7) is 0. The second kappa shape index (κ2) is 7.15. The van der Waals surface area contributed by atoms with Crippen LogP contribution in [-0.4, -0.2) is 29.3 Å². The predicted molar refractivity (Wildman–Crippen MR) is 85.7 cm³/mol. The monoisotopic (exact) mass is 338 g/mol. The van der Waals surface area contributed by atoms with Crippen LogP contribution >= 0.6 is 7.37 Å². The lowest BCUT2D eigenvalue weighted by atomic mass is 10.2. The Hall–Kier alpha value is -1.85. The summed E-state index contributed by atoms with van der Waals surface area (Å²) in [6.07, 6.45) is 0. The smallest absolute Gasteiger partial charge is 0.264 e. The number of benzene rings is 2. The molecule has 124 valence electrons. The fourth-order valence-electron chi connectivity index (χ4n) is 2.17. The topological polar surface area (TPSA) is 96.2 Å². The Bertz CT molecular complexity index is 660. The maximum absolute atomic E-state index is 12.6.